The second kappa shape index (κ2) is 11.9. The average Bonchev–Trinajstić information content (AvgIpc) is 3.26. The van der Waals surface area contributed by atoms with Gasteiger partial charge in [-0.1, -0.05) is 23.7 Å². The van der Waals surface area contributed by atoms with E-state index in [0.717, 1.165) is 12.0 Å². The minimum atomic E-state index is -0.546. The fourth-order valence-electron chi connectivity index (χ4n) is 3.86. The number of benzene rings is 2. The molecule has 2 aromatic carbocycles. The monoisotopic (exact) mass is 537 g/mol. The van der Waals surface area contributed by atoms with Crippen molar-refractivity contribution in [3.05, 3.63) is 76.5 Å². The van der Waals surface area contributed by atoms with E-state index >= 15 is 0 Å². The molecule has 0 fully saturated rings. The van der Waals surface area contributed by atoms with Crippen LogP contribution in [0.25, 0.3) is 6.08 Å². The maximum atomic E-state index is 12.6. The third kappa shape index (κ3) is 5.84. The molecule has 0 unspecified atom stereocenters. The Balaban J connectivity index is 1.47. The number of halogens is 1. The standard InChI is InChI=1S/C28H28ClN3O6/c1-5-7-18-8-9-22(23(15-18)34-4)36-10-11-37-26-21(29)14-19(16-24(26)35-6-2)13-20-27(30)32-25(31-28(20)33)12-17(3)38-32/h5,8-9,12-16,30H,1,6-7,10-11H2,2-4H3/b20-13-,30-27?. The summed E-state index contributed by atoms with van der Waals surface area (Å²) in [4.78, 5) is 22.1. The molecule has 2 aromatic rings. The second-order valence-corrected chi connectivity index (χ2v) is 8.67. The van der Waals surface area contributed by atoms with Crippen molar-refractivity contribution in [2.24, 2.45) is 4.99 Å². The Kier molecular flexibility index (Phi) is 8.38. The highest BCUT2D eigenvalue weighted by atomic mass is 35.5. The molecule has 0 aliphatic carbocycles. The number of carbonyl (C=O) groups excluding carboxylic acids is 1. The summed E-state index contributed by atoms with van der Waals surface area (Å²) in [5.74, 6) is 2.12. The normalized spacial score (nSPS) is 15.5. The van der Waals surface area contributed by atoms with E-state index in [1.54, 1.807) is 32.2 Å². The molecule has 0 saturated carbocycles. The SMILES string of the molecule is C=CCc1ccc(OCCOc2c(Cl)cc(/C=C3/C(=N)N4OC(C)=CC4=NC3=O)cc2OCC)c(OC)c1. The fourth-order valence-corrected chi connectivity index (χ4v) is 4.14. The molecule has 0 aromatic heterocycles. The Morgan fingerprint density at radius 2 is 1.92 bits per heavy atom. The van der Waals surface area contributed by atoms with E-state index in [1.807, 2.05) is 31.2 Å². The molecule has 0 atom stereocenters. The molecule has 0 radical (unpaired) electrons. The Labute approximate surface area is 226 Å². The lowest BCUT2D eigenvalue weighted by Crippen LogP contribution is -2.38. The van der Waals surface area contributed by atoms with Gasteiger partial charge >= 0.3 is 0 Å². The number of fused-ring (bicyclic) bond motifs is 1. The third-order valence-corrected chi connectivity index (χ3v) is 5.80. The number of hydrogen-bond acceptors (Lipinski definition) is 7. The molecule has 4 rings (SSSR count). The van der Waals surface area contributed by atoms with E-state index in [0.29, 0.717) is 40.9 Å². The van der Waals surface area contributed by atoms with Gasteiger partial charge in [0.05, 0.1) is 24.3 Å². The smallest absolute Gasteiger partial charge is 0.282 e. The molecule has 198 valence electrons. The van der Waals surface area contributed by atoms with Gasteiger partial charge in [0, 0.05) is 6.08 Å². The quantitative estimate of drug-likeness (QED) is 0.233. The average molecular weight is 538 g/mol. The van der Waals surface area contributed by atoms with Crippen molar-refractivity contribution in [1.82, 2.24) is 5.06 Å². The van der Waals surface area contributed by atoms with Crippen LogP contribution in [0.3, 0.4) is 0 Å². The Bertz CT molecular complexity index is 1360. The van der Waals surface area contributed by atoms with Crippen LogP contribution in [0.4, 0.5) is 0 Å². The third-order valence-electron chi connectivity index (χ3n) is 5.52. The summed E-state index contributed by atoms with van der Waals surface area (Å²) < 4.78 is 22.9. The van der Waals surface area contributed by atoms with E-state index in [9.17, 15) is 4.79 Å². The summed E-state index contributed by atoms with van der Waals surface area (Å²) in [6.07, 6.45) is 5.67. The van der Waals surface area contributed by atoms with E-state index < -0.39 is 5.91 Å². The van der Waals surface area contributed by atoms with E-state index in [-0.39, 0.29) is 35.5 Å². The number of hydroxylamine groups is 2. The minimum Gasteiger partial charge on any atom is -0.493 e. The molecular formula is C28H28ClN3O6. The van der Waals surface area contributed by atoms with Crippen LogP contribution in [-0.4, -0.2) is 49.6 Å². The van der Waals surface area contributed by atoms with Gasteiger partial charge in [-0.25, -0.2) is 0 Å². The molecule has 2 aliphatic rings. The summed E-state index contributed by atoms with van der Waals surface area (Å²) in [6, 6.07) is 9.02. The molecule has 9 nitrogen and oxygen atoms in total. The van der Waals surface area contributed by atoms with Crippen molar-refractivity contribution >= 4 is 35.3 Å². The Morgan fingerprint density at radius 3 is 2.66 bits per heavy atom. The lowest BCUT2D eigenvalue weighted by Gasteiger charge is -2.23. The maximum Gasteiger partial charge on any atom is 0.282 e. The molecular weight excluding hydrogens is 510 g/mol. The molecule has 0 bridgehead atoms. The predicted octanol–water partition coefficient (Wildman–Crippen LogP) is 5.38. The van der Waals surface area contributed by atoms with Gasteiger partial charge in [0.1, 0.15) is 19.0 Å². The maximum absolute atomic E-state index is 12.6. The van der Waals surface area contributed by atoms with Gasteiger partial charge in [0.15, 0.2) is 34.7 Å². The first-order chi connectivity index (χ1) is 18.3. The van der Waals surface area contributed by atoms with Gasteiger partial charge in [-0.3, -0.25) is 10.2 Å². The summed E-state index contributed by atoms with van der Waals surface area (Å²) in [5.41, 5.74) is 1.67. The number of allylic oxidation sites excluding steroid dienone is 2. The number of ether oxygens (including phenoxy) is 4. The number of carbonyl (C=O) groups is 1. The number of hydrogen-bond donors (Lipinski definition) is 1. The number of amidine groups is 2. The molecule has 1 N–H and O–H groups in total. The predicted molar refractivity (Wildman–Crippen MR) is 145 cm³/mol. The van der Waals surface area contributed by atoms with Gasteiger partial charge in [0.25, 0.3) is 5.91 Å². The molecule has 1 amide bonds. The molecule has 10 heteroatoms. The lowest BCUT2D eigenvalue weighted by molar-refractivity contribution is -0.114. The van der Waals surface area contributed by atoms with Crippen molar-refractivity contribution in [3.63, 3.8) is 0 Å². The van der Waals surface area contributed by atoms with Crippen LogP contribution in [0, 0.1) is 5.41 Å². The first-order valence-corrected chi connectivity index (χ1v) is 12.3. The van der Waals surface area contributed by atoms with Crippen LogP contribution < -0.4 is 18.9 Å². The number of nitrogens with zero attached hydrogens (tertiary/aromatic N) is 2. The van der Waals surface area contributed by atoms with Gasteiger partial charge < -0.3 is 23.8 Å². The highest BCUT2D eigenvalue weighted by molar-refractivity contribution is 6.33. The minimum absolute atomic E-state index is 0.0606. The zero-order chi connectivity index (χ0) is 27.2. The Morgan fingerprint density at radius 1 is 1.13 bits per heavy atom. The molecule has 2 aliphatic heterocycles. The van der Waals surface area contributed by atoms with Crippen LogP contribution in [-0.2, 0) is 16.1 Å². The molecule has 38 heavy (non-hydrogen) atoms. The molecule has 2 heterocycles. The number of nitrogens with one attached hydrogen (secondary N) is 1. The van der Waals surface area contributed by atoms with Crippen molar-refractivity contribution in [1.29, 1.82) is 5.41 Å². The summed E-state index contributed by atoms with van der Waals surface area (Å²) in [7, 11) is 1.59. The zero-order valence-electron chi connectivity index (χ0n) is 21.4. The van der Waals surface area contributed by atoms with E-state index in [2.05, 4.69) is 11.6 Å². The van der Waals surface area contributed by atoms with E-state index in [4.69, 9.17) is 40.8 Å². The van der Waals surface area contributed by atoms with Crippen LogP contribution >= 0.6 is 11.6 Å². The largest absolute Gasteiger partial charge is 0.493 e. The van der Waals surface area contributed by atoms with Crippen molar-refractivity contribution < 1.29 is 28.6 Å². The van der Waals surface area contributed by atoms with Crippen LogP contribution in [0.15, 0.2) is 65.4 Å². The first kappa shape index (κ1) is 26.8. The number of rotatable bonds is 11. The lowest BCUT2D eigenvalue weighted by atomic mass is 10.1. The van der Waals surface area contributed by atoms with Gasteiger partial charge in [-0.05, 0) is 61.7 Å². The Hall–Kier alpha value is -4.24. The highest BCUT2D eigenvalue weighted by Crippen LogP contribution is 2.38. The topological polar surface area (TPSA) is 103 Å². The van der Waals surface area contributed by atoms with Crippen LogP contribution in [0.5, 0.6) is 23.0 Å². The summed E-state index contributed by atoms with van der Waals surface area (Å²) in [5, 5.41) is 9.88. The van der Waals surface area contributed by atoms with Crippen molar-refractivity contribution in [3.8, 4) is 23.0 Å². The van der Waals surface area contributed by atoms with Gasteiger partial charge in [-0.2, -0.15) is 4.99 Å². The number of methoxy groups -OCH3 is 1. The van der Waals surface area contributed by atoms with Crippen LogP contribution in [0.1, 0.15) is 25.0 Å². The summed E-state index contributed by atoms with van der Waals surface area (Å²) in [6.45, 7) is 8.11. The summed E-state index contributed by atoms with van der Waals surface area (Å²) >= 11 is 6.55. The zero-order valence-corrected chi connectivity index (χ0v) is 22.1. The molecule has 0 saturated heterocycles. The highest BCUT2D eigenvalue weighted by Gasteiger charge is 2.34. The first-order valence-electron chi connectivity index (χ1n) is 11.9. The van der Waals surface area contributed by atoms with Gasteiger partial charge in [-0.15, -0.1) is 11.6 Å². The second-order valence-electron chi connectivity index (χ2n) is 8.26. The van der Waals surface area contributed by atoms with Crippen LogP contribution in [0.2, 0.25) is 5.02 Å². The van der Waals surface area contributed by atoms with E-state index in [1.165, 1.54) is 11.1 Å². The fraction of sp³-hybridized carbons (Fsp3) is 0.250. The number of aliphatic imine (C=N–C) groups is 1. The van der Waals surface area contributed by atoms with Crippen molar-refractivity contribution in [2.45, 2.75) is 20.3 Å². The van der Waals surface area contributed by atoms with Crippen molar-refractivity contribution in [2.75, 3.05) is 26.9 Å². The molecule has 0 spiro atoms. The van der Waals surface area contributed by atoms with Gasteiger partial charge in [0.2, 0.25) is 0 Å². The number of amides is 1.